The summed E-state index contributed by atoms with van der Waals surface area (Å²) in [6.07, 6.45) is 1.83. The van der Waals surface area contributed by atoms with Crippen LogP contribution >= 0.6 is 0 Å². The molecule has 0 atom stereocenters. The minimum absolute atomic E-state index is 0.199. The summed E-state index contributed by atoms with van der Waals surface area (Å²) in [5, 5.41) is 14.9. The minimum Gasteiger partial charge on any atom is -0.489 e. The maximum absolute atomic E-state index is 13.8. The first-order valence-corrected chi connectivity index (χ1v) is 14.0. The van der Waals surface area contributed by atoms with Gasteiger partial charge in [0.1, 0.15) is 12.4 Å². The van der Waals surface area contributed by atoms with Crippen molar-refractivity contribution in [2.75, 3.05) is 62.0 Å². The monoisotopic (exact) mass is 540 g/mol. The predicted octanol–water partition coefficient (Wildman–Crippen LogP) is 4.74. The van der Waals surface area contributed by atoms with Gasteiger partial charge < -0.3 is 29.9 Å². The summed E-state index contributed by atoms with van der Waals surface area (Å²) < 4.78 is 11.6. The van der Waals surface area contributed by atoms with E-state index in [0.29, 0.717) is 23.7 Å². The number of carbonyl (C=O) groups is 1. The lowest BCUT2D eigenvalue weighted by molar-refractivity contribution is 0.0904. The molecule has 9 nitrogen and oxygen atoms in total. The van der Waals surface area contributed by atoms with E-state index >= 15 is 0 Å². The Labute approximate surface area is 234 Å². The summed E-state index contributed by atoms with van der Waals surface area (Å²) in [6, 6.07) is 22.2. The van der Waals surface area contributed by atoms with E-state index in [9.17, 15) is 4.79 Å². The van der Waals surface area contributed by atoms with Crippen molar-refractivity contribution in [1.82, 2.24) is 15.1 Å². The highest BCUT2D eigenvalue weighted by Gasteiger charge is 2.22. The Morgan fingerprint density at radius 2 is 1.82 bits per heavy atom. The summed E-state index contributed by atoms with van der Waals surface area (Å²) in [4.78, 5) is 18.5. The molecular formula is C31H36N6O3. The molecule has 3 heterocycles. The Balaban J connectivity index is 1.24. The van der Waals surface area contributed by atoms with Gasteiger partial charge in [-0.05, 0) is 61.9 Å². The van der Waals surface area contributed by atoms with Gasteiger partial charge >= 0.3 is 0 Å². The molecule has 0 aliphatic carbocycles. The number of carbonyl (C=O) groups excluding carboxylic acids is 1. The van der Waals surface area contributed by atoms with Gasteiger partial charge in [0, 0.05) is 62.2 Å². The molecule has 0 saturated carbocycles. The largest absolute Gasteiger partial charge is 0.489 e. The maximum atomic E-state index is 13.8. The molecule has 2 aliphatic rings. The van der Waals surface area contributed by atoms with Gasteiger partial charge in [0.05, 0.1) is 11.1 Å². The molecule has 2 fully saturated rings. The van der Waals surface area contributed by atoms with Crippen LogP contribution in [0.25, 0.3) is 10.9 Å². The highest BCUT2D eigenvalue weighted by atomic mass is 16.5. The van der Waals surface area contributed by atoms with Crippen molar-refractivity contribution < 1.29 is 14.3 Å². The number of piperazine rings is 1. The molecule has 1 aromatic heterocycles. The molecule has 6 rings (SSSR count). The second-order valence-electron chi connectivity index (χ2n) is 10.6. The van der Waals surface area contributed by atoms with E-state index in [1.165, 1.54) is 0 Å². The van der Waals surface area contributed by atoms with Gasteiger partial charge in [-0.15, -0.1) is 0 Å². The van der Waals surface area contributed by atoms with Crippen molar-refractivity contribution in [2.45, 2.75) is 25.5 Å². The van der Waals surface area contributed by atoms with E-state index in [1.807, 2.05) is 60.7 Å². The van der Waals surface area contributed by atoms with E-state index in [2.05, 4.69) is 43.7 Å². The van der Waals surface area contributed by atoms with Crippen LogP contribution in [0.3, 0.4) is 0 Å². The number of fused-ring (bicyclic) bond motifs is 1. The summed E-state index contributed by atoms with van der Waals surface area (Å²) in [5.41, 5.74) is 4.41. The smallest absolute Gasteiger partial charge is 0.259 e. The molecule has 2 aliphatic heterocycles. The highest BCUT2D eigenvalue weighted by molar-refractivity contribution is 6.11. The number of hydrogen-bond acceptors (Lipinski definition) is 7. The van der Waals surface area contributed by atoms with Crippen LogP contribution < -0.4 is 20.3 Å². The predicted molar refractivity (Wildman–Crippen MR) is 158 cm³/mol. The maximum Gasteiger partial charge on any atom is 0.259 e. The van der Waals surface area contributed by atoms with Crippen LogP contribution in [-0.4, -0.2) is 73.5 Å². The minimum atomic E-state index is -0.199. The van der Waals surface area contributed by atoms with Gasteiger partial charge in [-0.3, -0.25) is 9.89 Å². The molecule has 9 heteroatoms. The molecule has 2 saturated heterocycles. The van der Waals surface area contributed by atoms with Crippen molar-refractivity contribution in [1.29, 1.82) is 0 Å². The van der Waals surface area contributed by atoms with Crippen molar-refractivity contribution >= 4 is 34.0 Å². The third-order valence-corrected chi connectivity index (χ3v) is 7.71. The lowest BCUT2D eigenvalue weighted by Crippen LogP contribution is -2.44. The van der Waals surface area contributed by atoms with Crippen molar-refractivity contribution in [3.05, 3.63) is 77.9 Å². The summed E-state index contributed by atoms with van der Waals surface area (Å²) in [5.74, 6) is 0.994. The Hall–Kier alpha value is -4.08. The Morgan fingerprint density at radius 1 is 1.02 bits per heavy atom. The number of nitrogens with zero attached hydrogens (tertiary/aromatic N) is 3. The average Bonchev–Trinajstić information content (AvgIpc) is 3.39. The molecule has 0 radical (unpaired) electrons. The van der Waals surface area contributed by atoms with Gasteiger partial charge in [0.25, 0.3) is 5.91 Å². The number of anilines is 3. The average molecular weight is 541 g/mol. The second kappa shape index (κ2) is 12.0. The standard InChI is InChI=1S/C31H36N6O3/c1-36-13-15-37(16-14-36)24-7-9-28(32-23-11-17-39-18-12-23)27(19-24)31(38)33-30-26-20-25(8-10-29(26)34-35-30)40-21-22-5-3-2-4-6-22/h2-10,19-20,23,32H,11-18,21H2,1H3,(H2,33,34,35,38). The van der Waals surface area contributed by atoms with Crippen LogP contribution in [0.5, 0.6) is 5.75 Å². The second-order valence-corrected chi connectivity index (χ2v) is 10.6. The van der Waals surface area contributed by atoms with Gasteiger partial charge in [0.15, 0.2) is 5.82 Å². The number of rotatable bonds is 8. The first-order valence-electron chi connectivity index (χ1n) is 14.0. The zero-order valence-corrected chi connectivity index (χ0v) is 22.9. The zero-order chi connectivity index (χ0) is 27.3. The molecule has 4 aromatic rings. The van der Waals surface area contributed by atoms with E-state index in [0.717, 1.165) is 80.1 Å². The van der Waals surface area contributed by atoms with Gasteiger partial charge in [-0.1, -0.05) is 30.3 Å². The molecular weight excluding hydrogens is 504 g/mol. The third-order valence-electron chi connectivity index (χ3n) is 7.71. The molecule has 208 valence electrons. The number of hydrogen-bond donors (Lipinski definition) is 3. The summed E-state index contributed by atoms with van der Waals surface area (Å²) in [6.45, 7) is 5.78. The van der Waals surface area contributed by atoms with Crippen molar-refractivity contribution in [3.63, 3.8) is 0 Å². The first-order chi connectivity index (χ1) is 19.6. The number of H-pyrrole nitrogens is 1. The number of benzene rings is 3. The SMILES string of the molecule is CN1CCN(c2ccc(NC3CCOCC3)c(C(=O)Nc3n[nH]c4ccc(OCc5ccccc5)cc34)c2)CC1. The fourth-order valence-corrected chi connectivity index (χ4v) is 5.26. The van der Waals surface area contributed by atoms with E-state index in [-0.39, 0.29) is 11.9 Å². The fourth-order valence-electron chi connectivity index (χ4n) is 5.26. The van der Waals surface area contributed by atoms with Crippen LogP contribution in [0, 0.1) is 0 Å². The van der Waals surface area contributed by atoms with Crippen LogP contribution in [0.15, 0.2) is 66.7 Å². The number of aromatic amines is 1. The summed E-state index contributed by atoms with van der Waals surface area (Å²) in [7, 11) is 2.14. The van der Waals surface area contributed by atoms with Crippen molar-refractivity contribution in [3.8, 4) is 5.75 Å². The zero-order valence-electron chi connectivity index (χ0n) is 22.9. The Kier molecular flexibility index (Phi) is 7.83. The fraction of sp³-hybridized carbons (Fsp3) is 0.355. The third kappa shape index (κ3) is 6.05. The number of aromatic nitrogens is 2. The first kappa shape index (κ1) is 26.2. The van der Waals surface area contributed by atoms with Gasteiger partial charge in [0.2, 0.25) is 0 Å². The van der Waals surface area contributed by atoms with Crippen molar-refractivity contribution in [2.24, 2.45) is 0 Å². The van der Waals surface area contributed by atoms with E-state index < -0.39 is 0 Å². The summed E-state index contributed by atoms with van der Waals surface area (Å²) >= 11 is 0. The lowest BCUT2D eigenvalue weighted by Gasteiger charge is -2.34. The Morgan fingerprint density at radius 3 is 2.62 bits per heavy atom. The molecule has 40 heavy (non-hydrogen) atoms. The number of ether oxygens (including phenoxy) is 2. The number of nitrogens with one attached hydrogen (secondary N) is 3. The molecule has 1 amide bonds. The molecule has 3 N–H and O–H groups in total. The molecule has 0 spiro atoms. The highest BCUT2D eigenvalue weighted by Crippen LogP contribution is 2.30. The normalized spacial score (nSPS) is 16.7. The van der Waals surface area contributed by atoms with E-state index in [1.54, 1.807) is 0 Å². The lowest BCUT2D eigenvalue weighted by atomic mass is 10.1. The molecule has 0 unspecified atom stereocenters. The Bertz CT molecular complexity index is 1440. The van der Waals surface area contributed by atoms with Gasteiger partial charge in [-0.25, -0.2) is 0 Å². The van der Waals surface area contributed by atoms with Crippen LogP contribution in [0.4, 0.5) is 17.2 Å². The van der Waals surface area contributed by atoms with E-state index in [4.69, 9.17) is 9.47 Å². The molecule has 0 bridgehead atoms. The topological polar surface area (TPSA) is 94.8 Å². The van der Waals surface area contributed by atoms with Crippen LogP contribution in [0.2, 0.25) is 0 Å². The number of amides is 1. The number of likely N-dealkylation sites (N-methyl/N-ethyl adjacent to an activating group) is 1. The quantitative estimate of drug-likeness (QED) is 0.297. The van der Waals surface area contributed by atoms with Gasteiger partial charge in [-0.2, -0.15) is 5.10 Å². The van der Waals surface area contributed by atoms with Crippen LogP contribution in [0.1, 0.15) is 28.8 Å². The molecule has 3 aromatic carbocycles. The van der Waals surface area contributed by atoms with Crippen LogP contribution in [-0.2, 0) is 11.3 Å².